The topological polar surface area (TPSA) is 35.7 Å². The van der Waals surface area contributed by atoms with E-state index in [-0.39, 0.29) is 5.54 Å². The Morgan fingerprint density at radius 1 is 1.14 bits per heavy atom. The van der Waals surface area contributed by atoms with Gasteiger partial charge in [-0.2, -0.15) is 0 Å². The first kappa shape index (κ1) is 15.7. The minimum absolute atomic E-state index is 0.269. The second kappa shape index (κ2) is 6.15. The molecule has 3 aliphatic rings. The largest absolute Gasteiger partial charge is 0.329 e. The molecule has 2 heterocycles. The standard InChI is InChI=1S/C17H34N4/c1-14-10-17(12-18,13-21(14)16-4-5-16)20-8-6-15(7-9-20)11-19(2)3/h14-16H,4-13,18H2,1-3H3. The molecule has 2 unspecified atom stereocenters. The quantitative estimate of drug-likeness (QED) is 0.827. The van der Waals surface area contributed by atoms with Crippen LogP contribution in [-0.4, -0.2) is 79.1 Å². The molecule has 4 nitrogen and oxygen atoms in total. The third-order valence-electron chi connectivity index (χ3n) is 6.02. The van der Waals surface area contributed by atoms with Crippen LogP contribution in [0.5, 0.6) is 0 Å². The van der Waals surface area contributed by atoms with Crippen LogP contribution in [0.1, 0.15) is 39.0 Å². The Morgan fingerprint density at radius 3 is 2.33 bits per heavy atom. The van der Waals surface area contributed by atoms with Crippen molar-refractivity contribution < 1.29 is 0 Å². The molecule has 2 saturated heterocycles. The second-order valence-electron chi connectivity index (χ2n) is 8.08. The molecule has 3 fully saturated rings. The number of hydrogen-bond acceptors (Lipinski definition) is 4. The maximum absolute atomic E-state index is 6.28. The molecule has 122 valence electrons. The van der Waals surface area contributed by atoms with E-state index in [1.54, 1.807) is 0 Å². The van der Waals surface area contributed by atoms with E-state index in [0.717, 1.165) is 24.5 Å². The van der Waals surface area contributed by atoms with Crippen LogP contribution in [0.3, 0.4) is 0 Å². The predicted molar refractivity (Wildman–Crippen MR) is 88.4 cm³/mol. The van der Waals surface area contributed by atoms with Gasteiger partial charge in [-0.25, -0.2) is 0 Å². The van der Waals surface area contributed by atoms with Crippen molar-refractivity contribution in [3.8, 4) is 0 Å². The minimum Gasteiger partial charge on any atom is -0.329 e. The number of nitrogens with two attached hydrogens (primary N) is 1. The lowest BCUT2D eigenvalue weighted by Gasteiger charge is -2.45. The first-order valence-electron chi connectivity index (χ1n) is 8.90. The van der Waals surface area contributed by atoms with Gasteiger partial charge in [0.2, 0.25) is 0 Å². The van der Waals surface area contributed by atoms with Crippen LogP contribution in [0.15, 0.2) is 0 Å². The lowest BCUT2D eigenvalue weighted by Crippen LogP contribution is -2.58. The normalized spacial score (nSPS) is 36.7. The maximum atomic E-state index is 6.28. The molecule has 1 saturated carbocycles. The van der Waals surface area contributed by atoms with E-state index in [0.29, 0.717) is 0 Å². The van der Waals surface area contributed by atoms with Gasteiger partial charge in [0, 0.05) is 37.3 Å². The van der Waals surface area contributed by atoms with Crippen molar-refractivity contribution in [3.63, 3.8) is 0 Å². The van der Waals surface area contributed by atoms with Crippen LogP contribution < -0.4 is 5.73 Å². The highest BCUT2D eigenvalue weighted by atomic mass is 15.3. The SMILES string of the molecule is CC1CC(CN)(N2CCC(CN(C)C)CC2)CN1C1CC1. The Kier molecular flexibility index (Phi) is 4.60. The van der Waals surface area contributed by atoms with E-state index < -0.39 is 0 Å². The summed E-state index contributed by atoms with van der Waals surface area (Å²) in [5.41, 5.74) is 6.55. The summed E-state index contributed by atoms with van der Waals surface area (Å²) in [6.07, 6.45) is 6.79. The number of likely N-dealkylation sites (tertiary alicyclic amines) is 2. The number of rotatable bonds is 5. The van der Waals surface area contributed by atoms with Crippen LogP contribution in [0.25, 0.3) is 0 Å². The molecule has 0 spiro atoms. The summed E-state index contributed by atoms with van der Waals surface area (Å²) < 4.78 is 0. The Bertz CT molecular complexity index is 347. The smallest absolute Gasteiger partial charge is 0.0473 e. The van der Waals surface area contributed by atoms with Gasteiger partial charge in [-0.3, -0.25) is 9.80 Å². The Hall–Kier alpha value is -0.160. The average molecular weight is 294 g/mol. The van der Waals surface area contributed by atoms with Crippen LogP contribution in [0, 0.1) is 5.92 Å². The van der Waals surface area contributed by atoms with Crippen LogP contribution in [-0.2, 0) is 0 Å². The maximum Gasteiger partial charge on any atom is 0.0473 e. The molecule has 3 rings (SSSR count). The summed E-state index contributed by atoms with van der Waals surface area (Å²) in [6, 6.07) is 1.60. The van der Waals surface area contributed by atoms with Gasteiger partial charge >= 0.3 is 0 Å². The van der Waals surface area contributed by atoms with Gasteiger partial charge in [0.05, 0.1) is 0 Å². The van der Waals surface area contributed by atoms with E-state index in [9.17, 15) is 0 Å². The van der Waals surface area contributed by atoms with Crippen LogP contribution in [0.4, 0.5) is 0 Å². The zero-order valence-corrected chi connectivity index (χ0v) is 14.2. The predicted octanol–water partition coefficient (Wildman–Crippen LogP) is 1.21. The van der Waals surface area contributed by atoms with Gasteiger partial charge in [0.1, 0.15) is 0 Å². The van der Waals surface area contributed by atoms with Crippen molar-refractivity contribution in [1.82, 2.24) is 14.7 Å². The molecule has 0 radical (unpaired) electrons. The fraction of sp³-hybridized carbons (Fsp3) is 1.00. The molecule has 0 aromatic rings. The van der Waals surface area contributed by atoms with Gasteiger partial charge in [-0.1, -0.05) is 0 Å². The lowest BCUT2D eigenvalue weighted by atomic mass is 9.88. The fourth-order valence-corrected chi connectivity index (χ4v) is 4.73. The van der Waals surface area contributed by atoms with Crippen LogP contribution in [0.2, 0.25) is 0 Å². The van der Waals surface area contributed by atoms with Gasteiger partial charge in [0.25, 0.3) is 0 Å². The first-order valence-corrected chi connectivity index (χ1v) is 8.90. The summed E-state index contributed by atoms with van der Waals surface area (Å²) in [7, 11) is 4.39. The molecule has 0 aromatic heterocycles. The molecule has 1 aliphatic carbocycles. The van der Waals surface area contributed by atoms with Crippen molar-refractivity contribution in [3.05, 3.63) is 0 Å². The van der Waals surface area contributed by atoms with E-state index in [4.69, 9.17) is 5.73 Å². The zero-order chi connectivity index (χ0) is 15.0. The molecule has 2 N–H and O–H groups in total. The highest BCUT2D eigenvalue weighted by Crippen LogP contribution is 2.40. The average Bonchev–Trinajstić information content (AvgIpc) is 3.23. The van der Waals surface area contributed by atoms with Crippen molar-refractivity contribution in [1.29, 1.82) is 0 Å². The molecule has 0 bridgehead atoms. The molecule has 4 heteroatoms. The van der Waals surface area contributed by atoms with E-state index in [1.165, 1.54) is 58.3 Å². The number of hydrogen-bond donors (Lipinski definition) is 1. The molecular weight excluding hydrogens is 260 g/mol. The van der Waals surface area contributed by atoms with Crippen molar-refractivity contribution in [2.75, 3.05) is 46.8 Å². The highest BCUT2D eigenvalue weighted by Gasteiger charge is 2.49. The third kappa shape index (κ3) is 3.29. The Morgan fingerprint density at radius 2 is 1.81 bits per heavy atom. The summed E-state index contributed by atoms with van der Waals surface area (Å²) in [5.74, 6) is 0.879. The molecule has 0 amide bonds. The summed E-state index contributed by atoms with van der Waals surface area (Å²) in [6.45, 7) is 8.21. The van der Waals surface area contributed by atoms with E-state index in [1.807, 2.05) is 0 Å². The summed E-state index contributed by atoms with van der Waals surface area (Å²) in [5, 5.41) is 0. The highest BCUT2D eigenvalue weighted by molar-refractivity contribution is 5.07. The molecule has 0 aromatic carbocycles. The lowest BCUT2D eigenvalue weighted by molar-refractivity contribution is 0.0540. The van der Waals surface area contributed by atoms with E-state index >= 15 is 0 Å². The molecule has 2 atom stereocenters. The number of piperidine rings is 1. The van der Waals surface area contributed by atoms with Crippen molar-refractivity contribution in [2.24, 2.45) is 11.7 Å². The van der Waals surface area contributed by atoms with E-state index in [2.05, 4.69) is 35.7 Å². The second-order valence-corrected chi connectivity index (χ2v) is 8.08. The number of nitrogens with zero attached hydrogens (tertiary/aromatic N) is 3. The zero-order valence-electron chi connectivity index (χ0n) is 14.2. The first-order chi connectivity index (χ1) is 10.0. The van der Waals surface area contributed by atoms with Crippen LogP contribution >= 0.6 is 0 Å². The monoisotopic (exact) mass is 294 g/mol. The van der Waals surface area contributed by atoms with Gasteiger partial charge < -0.3 is 10.6 Å². The molecule has 2 aliphatic heterocycles. The van der Waals surface area contributed by atoms with Crippen molar-refractivity contribution in [2.45, 2.75) is 56.7 Å². The summed E-state index contributed by atoms with van der Waals surface area (Å²) in [4.78, 5) is 7.84. The fourth-order valence-electron chi connectivity index (χ4n) is 4.73. The summed E-state index contributed by atoms with van der Waals surface area (Å²) >= 11 is 0. The van der Waals surface area contributed by atoms with Gasteiger partial charge in [-0.05, 0) is 72.1 Å². The van der Waals surface area contributed by atoms with Gasteiger partial charge in [-0.15, -0.1) is 0 Å². The molecular formula is C17H34N4. The minimum atomic E-state index is 0.269. The van der Waals surface area contributed by atoms with Gasteiger partial charge in [0.15, 0.2) is 0 Å². The Labute approximate surface area is 130 Å². The third-order valence-corrected chi connectivity index (χ3v) is 6.02. The Balaban J connectivity index is 1.60. The molecule has 21 heavy (non-hydrogen) atoms. The van der Waals surface area contributed by atoms with Crippen molar-refractivity contribution >= 4 is 0 Å².